The molecule has 0 saturated carbocycles. The molecular formula is C13H13BrN2O. The zero-order chi connectivity index (χ0) is 12.3. The highest BCUT2D eigenvalue weighted by Gasteiger charge is 2.07. The number of nitrogens with two attached hydrogens (primary N) is 1. The van der Waals surface area contributed by atoms with E-state index in [1.807, 2.05) is 37.3 Å². The number of halogens is 1. The molecule has 0 saturated heterocycles. The summed E-state index contributed by atoms with van der Waals surface area (Å²) >= 11 is 3.36. The first-order chi connectivity index (χ1) is 8.15. The van der Waals surface area contributed by atoms with Crippen molar-refractivity contribution >= 4 is 21.6 Å². The highest BCUT2D eigenvalue weighted by atomic mass is 79.9. The van der Waals surface area contributed by atoms with Crippen LogP contribution in [0.25, 0.3) is 0 Å². The third-order valence-electron chi connectivity index (χ3n) is 2.40. The van der Waals surface area contributed by atoms with E-state index in [9.17, 15) is 0 Å². The summed E-state index contributed by atoms with van der Waals surface area (Å²) in [5.74, 6) is 0.740. The zero-order valence-electron chi connectivity index (χ0n) is 9.43. The Morgan fingerprint density at radius 3 is 2.59 bits per heavy atom. The molecule has 4 heteroatoms. The van der Waals surface area contributed by atoms with Gasteiger partial charge in [-0.15, -0.1) is 0 Å². The molecule has 0 aliphatic rings. The van der Waals surface area contributed by atoms with Gasteiger partial charge in [0.05, 0.1) is 6.20 Å². The summed E-state index contributed by atoms with van der Waals surface area (Å²) in [6.07, 6.45) is 3.38. The Morgan fingerprint density at radius 2 is 1.94 bits per heavy atom. The molecule has 1 atom stereocenters. The molecule has 0 spiro atoms. The molecule has 1 unspecified atom stereocenters. The number of nitrogen functional groups attached to an aromatic ring is 1. The molecule has 1 aromatic carbocycles. The number of ether oxygens (including phenoxy) is 1. The molecule has 3 nitrogen and oxygen atoms in total. The van der Waals surface area contributed by atoms with Gasteiger partial charge in [0.15, 0.2) is 0 Å². The summed E-state index contributed by atoms with van der Waals surface area (Å²) < 4.78 is 6.69. The fraction of sp³-hybridized carbons (Fsp3) is 0.154. The van der Waals surface area contributed by atoms with Crippen LogP contribution < -0.4 is 10.5 Å². The first kappa shape index (κ1) is 11.9. The molecule has 0 bridgehead atoms. The molecule has 0 aliphatic heterocycles. The third kappa shape index (κ3) is 3.20. The highest BCUT2D eigenvalue weighted by Crippen LogP contribution is 2.23. The van der Waals surface area contributed by atoms with Crippen molar-refractivity contribution in [2.45, 2.75) is 13.0 Å². The minimum absolute atomic E-state index is 0.0355. The molecular weight excluding hydrogens is 280 g/mol. The molecule has 2 N–H and O–H groups in total. The van der Waals surface area contributed by atoms with Crippen LogP contribution in [0.15, 0.2) is 47.2 Å². The maximum Gasteiger partial charge on any atom is 0.139 e. The molecule has 0 aliphatic carbocycles. The van der Waals surface area contributed by atoms with E-state index in [1.165, 1.54) is 0 Å². The number of aromatic nitrogens is 1. The number of hydrogen-bond donors (Lipinski definition) is 1. The van der Waals surface area contributed by atoms with Crippen LogP contribution in [0, 0.1) is 0 Å². The van der Waals surface area contributed by atoms with Gasteiger partial charge in [-0.05, 0) is 46.6 Å². The second-order valence-corrected chi connectivity index (χ2v) is 4.68. The summed E-state index contributed by atoms with van der Waals surface area (Å²) in [5, 5.41) is 0. The van der Waals surface area contributed by atoms with Gasteiger partial charge in [-0.1, -0.05) is 12.1 Å². The number of anilines is 1. The van der Waals surface area contributed by atoms with Crippen LogP contribution >= 0.6 is 15.9 Å². The number of benzene rings is 1. The van der Waals surface area contributed by atoms with Gasteiger partial charge in [0.2, 0.25) is 0 Å². The van der Waals surface area contributed by atoms with E-state index in [2.05, 4.69) is 20.9 Å². The molecule has 88 valence electrons. The Labute approximate surface area is 109 Å². The van der Waals surface area contributed by atoms with E-state index in [1.54, 1.807) is 12.4 Å². The van der Waals surface area contributed by atoms with Gasteiger partial charge in [-0.2, -0.15) is 0 Å². The van der Waals surface area contributed by atoms with Crippen molar-refractivity contribution in [3.63, 3.8) is 0 Å². The van der Waals surface area contributed by atoms with Gasteiger partial charge >= 0.3 is 0 Å². The third-order valence-corrected chi connectivity index (χ3v) is 2.83. The maximum absolute atomic E-state index is 5.79. The summed E-state index contributed by atoms with van der Waals surface area (Å²) in [7, 11) is 0. The Hall–Kier alpha value is -1.55. The van der Waals surface area contributed by atoms with Gasteiger partial charge in [-0.3, -0.25) is 4.98 Å². The lowest BCUT2D eigenvalue weighted by molar-refractivity contribution is 0.226. The van der Waals surface area contributed by atoms with Gasteiger partial charge in [0.1, 0.15) is 11.9 Å². The summed E-state index contributed by atoms with van der Waals surface area (Å²) in [5.41, 5.74) is 7.48. The first-order valence-corrected chi connectivity index (χ1v) is 6.07. The lowest BCUT2D eigenvalue weighted by atomic mass is 10.1. The predicted molar refractivity (Wildman–Crippen MR) is 71.8 cm³/mol. The fourth-order valence-corrected chi connectivity index (χ4v) is 1.84. The SMILES string of the molecule is CC(Oc1cncc(Br)c1)c1ccc(N)cc1. The zero-order valence-corrected chi connectivity index (χ0v) is 11.0. The average molecular weight is 293 g/mol. The minimum atomic E-state index is -0.0355. The van der Waals surface area contributed by atoms with E-state index in [0.717, 1.165) is 21.5 Å². The van der Waals surface area contributed by atoms with Crippen LogP contribution in [0.3, 0.4) is 0 Å². The molecule has 2 aromatic rings. The van der Waals surface area contributed by atoms with Crippen molar-refractivity contribution in [2.75, 3.05) is 5.73 Å². The second-order valence-electron chi connectivity index (χ2n) is 3.77. The number of pyridine rings is 1. The van der Waals surface area contributed by atoms with E-state index >= 15 is 0 Å². The minimum Gasteiger partial charge on any atom is -0.484 e. The Morgan fingerprint density at radius 1 is 1.24 bits per heavy atom. The number of hydrogen-bond acceptors (Lipinski definition) is 3. The summed E-state index contributed by atoms with van der Waals surface area (Å²) in [6.45, 7) is 1.99. The lowest BCUT2D eigenvalue weighted by Gasteiger charge is -2.15. The largest absolute Gasteiger partial charge is 0.484 e. The molecule has 0 fully saturated rings. The van der Waals surface area contributed by atoms with Crippen LogP contribution in [0.1, 0.15) is 18.6 Å². The molecule has 2 rings (SSSR count). The average Bonchev–Trinajstić information content (AvgIpc) is 2.29. The van der Waals surface area contributed by atoms with Crippen molar-refractivity contribution < 1.29 is 4.74 Å². The van der Waals surface area contributed by atoms with Gasteiger partial charge in [0.25, 0.3) is 0 Å². The van der Waals surface area contributed by atoms with E-state index in [-0.39, 0.29) is 6.10 Å². The predicted octanol–water partition coefficient (Wildman–Crippen LogP) is 3.57. The molecule has 17 heavy (non-hydrogen) atoms. The monoisotopic (exact) mass is 292 g/mol. The lowest BCUT2D eigenvalue weighted by Crippen LogP contribution is -2.03. The van der Waals surface area contributed by atoms with Crippen LogP contribution in [0.5, 0.6) is 5.75 Å². The molecule has 1 heterocycles. The Bertz CT molecular complexity index is 499. The van der Waals surface area contributed by atoms with E-state index < -0.39 is 0 Å². The number of rotatable bonds is 3. The summed E-state index contributed by atoms with van der Waals surface area (Å²) in [6, 6.07) is 9.56. The van der Waals surface area contributed by atoms with Crippen LogP contribution in [0.2, 0.25) is 0 Å². The quantitative estimate of drug-likeness (QED) is 0.880. The highest BCUT2D eigenvalue weighted by molar-refractivity contribution is 9.10. The second kappa shape index (κ2) is 5.19. The van der Waals surface area contributed by atoms with Crippen molar-refractivity contribution in [3.05, 3.63) is 52.8 Å². The van der Waals surface area contributed by atoms with Crippen molar-refractivity contribution in [2.24, 2.45) is 0 Å². The van der Waals surface area contributed by atoms with Crippen molar-refractivity contribution in [1.29, 1.82) is 0 Å². The van der Waals surface area contributed by atoms with Gasteiger partial charge < -0.3 is 10.5 Å². The van der Waals surface area contributed by atoms with Crippen LogP contribution in [-0.2, 0) is 0 Å². The number of nitrogens with zero attached hydrogens (tertiary/aromatic N) is 1. The topological polar surface area (TPSA) is 48.1 Å². The van der Waals surface area contributed by atoms with Crippen molar-refractivity contribution in [3.8, 4) is 5.75 Å². The summed E-state index contributed by atoms with van der Waals surface area (Å²) in [4.78, 5) is 4.05. The van der Waals surface area contributed by atoms with Crippen LogP contribution in [0.4, 0.5) is 5.69 Å². The molecule has 1 aromatic heterocycles. The van der Waals surface area contributed by atoms with Gasteiger partial charge in [-0.25, -0.2) is 0 Å². The standard InChI is InChI=1S/C13H13BrN2O/c1-9(10-2-4-12(15)5-3-10)17-13-6-11(14)7-16-8-13/h2-9H,15H2,1H3. The van der Waals surface area contributed by atoms with Gasteiger partial charge in [0, 0.05) is 16.4 Å². The Kier molecular flexibility index (Phi) is 3.64. The normalized spacial score (nSPS) is 12.1. The maximum atomic E-state index is 5.79. The fourth-order valence-electron chi connectivity index (χ4n) is 1.50. The van der Waals surface area contributed by atoms with E-state index in [4.69, 9.17) is 10.5 Å². The molecule has 0 radical (unpaired) electrons. The molecule has 0 amide bonds. The van der Waals surface area contributed by atoms with Crippen LogP contribution in [-0.4, -0.2) is 4.98 Å². The van der Waals surface area contributed by atoms with Crippen molar-refractivity contribution in [1.82, 2.24) is 4.98 Å². The Balaban J connectivity index is 2.11. The van der Waals surface area contributed by atoms with E-state index in [0.29, 0.717) is 0 Å². The smallest absolute Gasteiger partial charge is 0.139 e. The first-order valence-electron chi connectivity index (χ1n) is 5.28.